The Morgan fingerprint density at radius 2 is 0.857 bits per heavy atom. The molecule has 4 amide bonds. The number of carbonyl (C=O) groups is 5. The quantitative estimate of drug-likeness (QED) is 0.761. The molecule has 2 atom stereocenters. The molecule has 7 nitrogen and oxygen atoms in total. The average molecular weight is 376 g/mol. The van der Waals surface area contributed by atoms with Gasteiger partial charge in [0.2, 0.25) is 0 Å². The number of Topliss-reactive ketones (excluding diaryl/α,β-unsaturated/α-hetero) is 1. The second-order valence-corrected chi connectivity index (χ2v) is 6.81. The third-order valence-corrected chi connectivity index (χ3v) is 5.25. The summed E-state index contributed by atoms with van der Waals surface area (Å²) in [5, 5.41) is 0. The molecule has 0 N–H and O–H groups in total. The van der Waals surface area contributed by atoms with Crippen molar-refractivity contribution in [2.24, 2.45) is 0 Å². The van der Waals surface area contributed by atoms with Gasteiger partial charge < -0.3 is 0 Å². The smallest absolute Gasteiger partial charge is 0.262 e. The molecule has 28 heavy (non-hydrogen) atoms. The highest BCUT2D eigenvalue weighted by molar-refractivity contribution is 6.25. The van der Waals surface area contributed by atoms with Crippen LogP contribution >= 0.6 is 0 Å². The van der Waals surface area contributed by atoms with Gasteiger partial charge in [0.15, 0.2) is 5.78 Å². The highest BCUT2D eigenvalue weighted by Crippen LogP contribution is 2.28. The van der Waals surface area contributed by atoms with Crippen LogP contribution in [0.2, 0.25) is 0 Å². The lowest BCUT2D eigenvalue weighted by Gasteiger charge is -2.28. The molecule has 0 bridgehead atoms. The third-order valence-electron chi connectivity index (χ3n) is 5.25. The molecule has 7 heteroatoms. The fourth-order valence-corrected chi connectivity index (χ4v) is 3.72. The van der Waals surface area contributed by atoms with E-state index < -0.39 is 41.5 Å². The number of nitrogens with zero attached hydrogens (tertiary/aromatic N) is 2. The molecule has 2 unspecified atom stereocenters. The van der Waals surface area contributed by atoms with Crippen molar-refractivity contribution in [2.45, 2.75) is 25.9 Å². The Hall–Kier alpha value is -3.61. The minimum absolute atomic E-state index is 0.237. The molecule has 0 saturated heterocycles. The van der Waals surface area contributed by atoms with Gasteiger partial charge in [-0.25, -0.2) is 0 Å². The lowest BCUT2D eigenvalue weighted by molar-refractivity contribution is -0.125. The van der Waals surface area contributed by atoms with Crippen molar-refractivity contribution < 1.29 is 24.0 Å². The molecule has 0 fully saturated rings. The van der Waals surface area contributed by atoms with Gasteiger partial charge in [0.25, 0.3) is 23.6 Å². The summed E-state index contributed by atoms with van der Waals surface area (Å²) < 4.78 is 0. The maximum absolute atomic E-state index is 13.0. The second kappa shape index (κ2) is 6.23. The van der Waals surface area contributed by atoms with Crippen LogP contribution in [0.1, 0.15) is 55.3 Å². The topological polar surface area (TPSA) is 91.8 Å². The van der Waals surface area contributed by atoms with E-state index in [0.29, 0.717) is 0 Å². The molecule has 0 radical (unpaired) electrons. The van der Waals surface area contributed by atoms with Gasteiger partial charge in [0.05, 0.1) is 34.3 Å². The number of rotatable bonds is 4. The predicted molar refractivity (Wildman–Crippen MR) is 97.8 cm³/mol. The van der Waals surface area contributed by atoms with Crippen LogP contribution in [0.25, 0.3) is 0 Å². The number of hydrogen-bond donors (Lipinski definition) is 0. The Balaban J connectivity index is 1.61. The van der Waals surface area contributed by atoms with Crippen molar-refractivity contribution in [1.29, 1.82) is 0 Å². The van der Waals surface area contributed by atoms with E-state index in [9.17, 15) is 24.0 Å². The van der Waals surface area contributed by atoms with Crippen LogP contribution in [0.4, 0.5) is 0 Å². The Morgan fingerprint density at radius 1 is 0.607 bits per heavy atom. The van der Waals surface area contributed by atoms with Crippen molar-refractivity contribution in [3.05, 3.63) is 70.8 Å². The number of ketones is 1. The van der Waals surface area contributed by atoms with Gasteiger partial charge in [-0.1, -0.05) is 24.3 Å². The van der Waals surface area contributed by atoms with Crippen LogP contribution in [-0.4, -0.2) is 51.3 Å². The van der Waals surface area contributed by atoms with Crippen LogP contribution in [-0.2, 0) is 4.79 Å². The fourth-order valence-electron chi connectivity index (χ4n) is 3.72. The first-order valence-electron chi connectivity index (χ1n) is 8.82. The summed E-state index contributed by atoms with van der Waals surface area (Å²) in [5.41, 5.74) is 0.946. The van der Waals surface area contributed by atoms with Gasteiger partial charge in [-0.2, -0.15) is 0 Å². The zero-order valence-corrected chi connectivity index (χ0v) is 15.2. The van der Waals surface area contributed by atoms with Gasteiger partial charge in [0.1, 0.15) is 0 Å². The van der Waals surface area contributed by atoms with Gasteiger partial charge >= 0.3 is 0 Å². The zero-order chi connectivity index (χ0) is 20.2. The van der Waals surface area contributed by atoms with E-state index in [1.54, 1.807) is 24.3 Å². The summed E-state index contributed by atoms with van der Waals surface area (Å²) in [6.45, 7) is 2.86. The first kappa shape index (κ1) is 17.8. The van der Waals surface area contributed by atoms with Crippen molar-refractivity contribution >= 4 is 29.4 Å². The SMILES string of the molecule is CC(C(=O)C(C)N1C(=O)c2ccccc2C1=O)N1C(=O)c2ccccc2C1=O. The van der Waals surface area contributed by atoms with E-state index in [2.05, 4.69) is 0 Å². The van der Waals surface area contributed by atoms with E-state index in [1.165, 1.54) is 38.1 Å². The maximum Gasteiger partial charge on any atom is 0.262 e. The Morgan fingerprint density at radius 3 is 1.11 bits per heavy atom. The maximum atomic E-state index is 13.0. The zero-order valence-electron chi connectivity index (χ0n) is 15.2. The number of benzene rings is 2. The number of imide groups is 2. The Labute approximate surface area is 160 Å². The number of fused-ring (bicyclic) bond motifs is 2. The summed E-state index contributed by atoms with van der Waals surface area (Å²) in [6.07, 6.45) is 0. The second-order valence-electron chi connectivity index (χ2n) is 6.81. The monoisotopic (exact) mass is 376 g/mol. The van der Waals surface area contributed by atoms with Crippen LogP contribution in [0.5, 0.6) is 0 Å². The van der Waals surface area contributed by atoms with Crippen LogP contribution < -0.4 is 0 Å². The molecular weight excluding hydrogens is 360 g/mol. The highest BCUT2D eigenvalue weighted by atomic mass is 16.2. The molecule has 2 heterocycles. The van der Waals surface area contributed by atoms with Crippen LogP contribution in [0, 0.1) is 0 Å². The molecule has 0 aromatic heterocycles. The van der Waals surface area contributed by atoms with Gasteiger partial charge in [-0.05, 0) is 38.1 Å². The normalized spacial score (nSPS) is 17.6. The van der Waals surface area contributed by atoms with Gasteiger partial charge in [0, 0.05) is 0 Å². The van der Waals surface area contributed by atoms with E-state index in [1.807, 2.05) is 0 Å². The molecule has 0 spiro atoms. The summed E-state index contributed by atoms with van der Waals surface area (Å²) >= 11 is 0. The van der Waals surface area contributed by atoms with Crippen molar-refractivity contribution in [3.8, 4) is 0 Å². The summed E-state index contributed by atoms with van der Waals surface area (Å²) in [7, 11) is 0. The summed E-state index contributed by atoms with van der Waals surface area (Å²) in [6, 6.07) is 10.4. The van der Waals surface area contributed by atoms with E-state index in [0.717, 1.165) is 9.80 Å². The first-order chi connectivity index (χ1) is 13.3. The summed E-state index contributed by atoms with van der Waals surface area (Å²) in [5.74, 6) is -2.80. The molecule has 2 aromatic carbocycles. The molecule has 0 saturated carbocycles. The molecule has 140 valence electrons. The average Bonchev–Trinajstić information content (AvgIpc) is 3.11. The molecule has 2 aliphatic heterocycles. The lowest BCUT2D eigenvalue weighted by atomic mass is 10.1. The van der Waals surface area contributed by atoms with Crippen LogP contribution in [0.15, 0.2) is 48.5 Å². The number of carbonyl (C=O) groups excluding carboxylic acids is 5. The van der Waals surface area contributed by atoms with Crippen molar-refractivity contribution in [3.63, 3.8) is 0 Å². The minimum atomic E-state index is -1.12. The molecule has 2 aliphatic rings. The number of hydrogen-bond acceptors (Lipinski definition) is 5. The van der Waals surface area contributed by atoms with E-state index in [4.69, 9.17) is 0 Å². The standard InChI is InChI=1S/C21H16N2O5/c1-11(22-18(25)13-7-3-4-8-14(13)19(22)26)17(24)12(2)23-20(27)15-9-5-6-10-16(15)21(23)28/h3-12H,1-2H3. The molecular formula is C21H16N2O5. The predicted octanol–water partition coefficient (Wildman–Crippen LogP) is 1.92. The summed E-state index contributed by atoms with van der Waals surface area (Å²) in [4.78, 5) is 65.2. The van der Waals surface area contributed by atoms with Crippen LogP contribution in [0.3, 0.4) is 0 Å². The third kappa shape index (κ3) is 2.32. The number of amides is 4. The first-order valence-corrected chi connectivity index (χ1v) is 8.82. The van der Waals surface area contributed by atoms with E-state index >= 15 is 0 Å². The molecule has 4 rings (SSSR count). The Bertz CT molecular complexity index is 920. The van der Waals surface area contributed by atoms with E-state index in [-0.39, 0.29) is 22.3 Å². The van der Waals surface area contributed by atoms with Gasteiger partial charge in [-0.3, -0.25) is 33.8 Å². The fraction of sp³-hybridized carbons (Fsp3) is 0.190. The lowest BCUT2D eigenvalue weighted by Crippen LogP contribution is -2.52. The highest BCUT2D eigenvalue weighted by Gasteiger charge is 2.46. The minimum Gasteiger partial charge on any atom is -0.295 e. The molecule has 2 aromatic rings. The van der Waals surface area contributed by atoms with Gasteiger partial charge in [-0.15, -0.1) is 0 Å². The largest absolute Gasteiger partial charge is 0.295 e. The van der Waals surface area contributed by atoms with Crippen molar-refractivity contribution in [2.75, 3.05) is 0 Å². The Kier molecular flexibility index (Phi) is 3.96. The van der Waals surface area contributed by atoms with Crippen molar-refractivity contribution in [1.82, 2.24) is 9.80 Å². The molecule has 0 aliphatic carbocycles.